The summed E-state index contributed by atoms with van der Waals surface area (Å²) in [4.78, 5) is 23.9. The number of aromatic nitrogens is 2. The van der Waals surface area contributed by atoms with Gasteiger partial charge in [-0.25, -0.2) is 17.7 Å². The van der Waals surface area contributed by atoms with E-state index in [1.54, 1.807) is 18.2 Å². The Balaban J connectivity index is 1.93. The Morgan fingerprint density at radius 2 is 1.59 bits per heavy atom. The second-order valence-electron chi connectivity index (χ2n) is 4.84. The van der Waals surface area contributed by atoms with Gasteiger partial charge in [0.1, 0.15) is 5.82 Å². The third-order valence-electron chi connectivity index (χ3n) is 3.31. The molecule has 0 aliphatic heterocycles. The number of nitrogens with zero attached hydrogens (tertiary/aromatic N) is 2. The molecule has 22 heavy (non-hydrogen) atoms. The van der Waals surface area contributed by atoms with E-state index in [-0.39, 0.29) is 11.4 Å². The highest BCUT2D eigenvalue weighted by atomic mass is 32.1. The molecule has 4 nitrogen and oxygen atoms in total. The van der Waals surface area contributed by atoms with Gasteiger partial charge in [0.15, 0.2) is 0 Å². The van der Waals surface area contributed by atoms with Crippen LogP contribution in [0.25, 0.3) is 0 Å². The van der Waals surface area contributed by atoms with Crippen molar-refractivity contribution < 1.29 is 4.39 Å². The molecule has 2 aromatic carbocycles. The lowest BCUT2D eigenvalue weighted by Crippen LogP contribution is -2.29. The van der Waals surface area contributed by atoms with Crippen molar-refractivity contribution in [2.75, 3.05) is 0 Å². The molecule has 112 valence electrons. The lowest BCUT2D eigenvalue weighted by Gasteiger charge is -2.02. The standard InChI is InChI=1S/C16H13FN2O2S/c17-14-9-5-4-8-13(14)11-18-15(20)19(22-16(18)21)10-12-6-2-1-3-7-12/h1-9H,10-11H2. The van der Waals surface area contributed by atoms with Crippen molar-refractivity contribution in [3.05, 3.63) is 91.7 Å². The fraction of sp³-hybridized carbons (Fsp3) is 0.125. The van der Waals surface area contributed by atoms with Crippen LogP contribution in [-0.4, -0.2) is 8.52 Å². The van der Waals surface area contributed by atoms with Crippen molar-refractivity contribution in [1.29, 1.82) is 0 Å². The van der Waals surface area contributed by atoms with Crippen LogP contribution in [0.15, 0.2) is 64.2 Å². The van der Waals surface area contributed by atoms with Gasteiger partial charge >= 0.3 is 10.6 Å². The van der Waals surface area contributed by atoms with Gasteiger partial charge in [0, 0.05) is 17.1 Å². The van der Waals surface area contributed by atoms with Crippen LogP contribution < -0.4 is 10.6 Å². The lowest BCUT2D eigenvalue weighted by molar-refractivity contribution is 0.589. The van der Waals surface area contributed by atoms with Crippen LogP contribution in [0.2, 0.25) is 0 Å². The Labute approximate surface area is 129 Å². The van der Waals surface area contributed by atoms with Gasteiger partial charge in [-0.2, -0.15) is 0 Å². The van der Waals surface area contributed by atoms with Crippen LogP contribution in [0.5, 0.6) is 0 Å². The zero-order valence-electron chi connectivity index (χ0n) is 11.6. The summed E-state index contributed by atoms with van der Waals surface area (Å²) in [5, 5.41) is 0. The first-order valence-electron chi connectivity index (χ1n) is 6.73. The minimum absolute atomic E-state index is 0.0529. The molecule has 0 aliphatic carbocycles. The van der Waals surface area contributed by atoms with E-state index in [4.69, 9.17) is 0 Å². The minimum Gasteiger partial charge on any atom is -0.255 e. The normalized spacial score (nSPS) is 10.8. The molecule has 0 atom stereocenters. The summed E-state index contributed by atoms with van der Waals surface area (Å²) in [5.41, 5.74) is 0.845. The summed E-state index contributed by atoms with van der Waals surface area (Å²) >= 11 is 0.850. The molecule has 3 rings (SSSR count). The second-order valence-corrected chi connectivity index (χ2v) is 5.81. The van der Waals surface area contributed by atoms with Crippen LogP contribution in [-0.2, 0) is 13.1 Å². The van der Waals surface area contributed by atoms with Gasteiger partial charge in [0.25, 0.3) is 0 Å². The summed E-state index contributed by atoms with van der Waals surface area (Å²) in [6.45, 7) is 0.284. The molecule has 1 aromatic heterocycles. The van der Waals surface area contributed by atoms with E-state index in [0.29, 0.717) is 12.1 Å². The van der Waals surface area contributed by atoms with Crippen molar-refractivity contribution >= 4 is 11.5 Å². The predicted molar refractivity (Wildman–Crippen MR) is 83.9 cm³/mol. The summed E-state index contributed by atoms with van der Waals surface area (Å²) in [7, 11) is 0. The first-order valence-corrected chi connectivity index (χ1v) is 7.51. The summed E-state index contributed by atoms with van der Waals surface area (Å²) in [5.74, 6) is -0.422. The minimum atomic E-state index is -0.422. The van der Waals surface area contributed by atoms with Crippen LogP contribution in [0.4, 0.5) is 4.39 Å². The van der Waals surface area contributed by atoms with Crippen molar-refractivity contribution in [3.8, 4) is 0 Å². The van der Waals surface area contributed by atoms with Gasteiger partial charge in [-0.05, 0) is 11.6 Å². The molecule has 0 unspecified atom stereocenters. The summed E-state index contributed by atoms with van der Waals surface area (Å²) in [6, 6.07) is 15.5. The van der Waals surface area contributed by atoms with E-state index in [1.165, 1.54) is 10.0 Å². The van der Waals surface area contributed by atoms with E-state index in [9.17, 15) is 14.0 Å². The second kappa shape index (κ2) is 6.11. The monoisotopic (exact) mass is 316 g/mol. The van der Waals surface area contributed by atoms with Gasteiger partial charge in [-0.15, -0.1) is 0 Å². The van der Waals surface area contributed by atoms with Gasteiger partial charge in [0.2, 0.25) is 0 Å². The Morgan fingerprint density at radius 1 is 0.909 bits per heavy atom. The third-order valence-corrected chi connectivity index (χ3v) is 4.19. The van der Waals surface area contributed by atoms with Gasteiger partial charge in [-0.1, -0.05) is 48.5 Å². The molecular formula is C16H13FN2O2S. The van der Waals surface area contributed by atoms with E-state index in [0.717, 1.165) is 21.7 Å². The first-order chi connectivity index (χ1) is 10.6. The molecular weight excluding hydrogens is 303 g/mol. The molecule has 0 amide bonds. The fourth-order valence-corrected chi connectivity index (χ4v) is 2.99. The van der Waals surface area contributed by atoms with Crippen LogP contribution in [0.1, 0.15) is 11.1 Å². The van der Waals surface area contributed by atoms with E-state index in [2.05, 4.69) is 0 Å². The highest BCUT2D eigenvalue weighted by molar-refractivity contribution is 7.03. The molecule has 0 aliphatic rings. The van der Waals surface area contributed by atoms with E-state index in [1.807, 2.05) is 30.3 Å². The van der Waals surface area contributed by atoms with Crippen molar-refractivity contribution in [2.45, 2.75) is 13.1 Å². The summed E-state index contributed by atoms with van der Waals surface area (Å²) < 4.78 is 16.1. The third kappa shape index (κ3) is 2.92. The van der Waals surface area contributed by atoms with E-state index >= 15 is 0 Å². The van der Waals surface area contributed by atoms with Crippen LogP contribution in [0.3, 0.4) is 0 Å². The average molecular weight is 316 g/mol. The molecule has 0 bridgehead atoms. The Hall–Kier alpha value is -2.47. The van der Waals surface area contributed by atoms with Gasteiger partial charge in [-0.3, -0.25) is 4.79 Å². The number of hydrogen-bond donors (Lipinski definition) is 0. The quantitative estimate of drug-likeness (QED) is 0.741. The first kappa shape index (κ1) is 14.5. The number of hydrogen-bond acceptors (Lipinski definition) is 3. The Kier molecular flexibility index (Phi) is 4.02. The molecule has 0 spiro atoms. The molecule has 6 heteroatoms. The fourth-order valence-electron chi connectivity index (χ4n) is 2.17. The number of benzene rings is 2. The maximum absolute atomic E-state index is 13.7. The zero-order chi connectivity index (χ0) is 15.5. The molecule has 1 heterocycles. The highest BCUT2D eigenvalue weighted by Crippen LogP contribution is 2.07. The van der Waals surface area contributed by atoms with Gasteiger partial charge < -0.3 is 0 Å². The molecule has 0 radical (unpaired) electrons. The van der Waals surface area contributed by atoms with Crippen LogP contribution in [0, 0.1) is 5.82 Å². The lowest BCUT2D eigenvalue weighted by atomic mass is 10.2. The molecule has 3 aromatic rings. The number of rotatable bonds is 4. The molecule has 0 N–H and O–H groups in total. The van der Waals surface area contributed by atoms with E-state index < -0.39 is 11.5 Å². The smallest absolute Gasteiger partial charge is 0.255 e. The van der Waals surface area contributed by atoms with Gasteiger partial charge in [0.05, 0.1) is 13.1 Å². The van der Waals surface area contributed by atoms with Crippen molar-refractivity contribution in [1.82, 2.24) is 8.52 Å². The predicted octanol–water partition coefficient (Wildman–Crippen LogP) is 2.31. The summed E-state index contributed by atoms with van der Waals surface area (Å²) in [6.07, 6.45) is 0. The largest absolute Gasteiger partial charge is 0.341 e. The molecule has 0 saturated carbocycles. The average Bonchev–Trinajstić information content (AvgIpc) is 2.78. The Morgan fingerprint density at radius 3 is 2.32 bits per heavy atom. The SMILES string of the molecule is O=c1sn(Cc2ccccc2)c(=O)n1Cc1ccccc1F. The Bertz CT molecular complexity index is 896. The maximum Gasteiger partial charge on any atom is 0.341 e. The zero-order valence-corrected chi connectivity index (χ0v) is 12.4. The number of halogens is 1. The highest BCUT2D eigenvalue weighted by Gasteiger charge is 2.12. The van der Waals surface area contributed by atoms with Crippen molar-refractivity contribution in [2.24, 2.45) is 0 Å². The van der Waals surface area contributed by atoms with Crippen molar-refractivity contribution in [3.63, 3.8) is 0 Å². The maximum atomic E-state index is 13.7. The molecule has 0 fully saturated rings. The molecule has 0 saturated heterocycles. The van der Waals surface area contributed by atoms with Crippen LogP contribution >= 0.6 is 11.5 Å². The topological polar surface area (TPSA) is 44.0 Å².